The van der Waals surface area contributed by atoms with Gasteiger partial charge in [0.2, 0.25) is 0 Å². The Morgan fingerprint density at radius 2 is 2.00 bits per heavy atom. The number of carbonyl (C=O) groups excluding carboxylic acids is 2. The van der Waals surface area contributed by atoms with E-state index in [2.05, 4.69) is 0 Å². The second-order valence-electron chi connectivity index (χ2n) is 6.38. The molecule has 150 valence electrons. The first-order chi connectivity index (χ1) is 12.8. The second kappa shape index (κ2) is 9.68. The molecule has 1 atom stereocenters. The zero-order valence-corrected chi connectivity index (χ0v) is 16.0. The van der Waals surface area contributed by atoms with Crippen molar-refractivity contribution in [3.8, 4) is 5.75 Å². The minimum atomic E-state index is -3.13. The van der Waals surface area contributed by atoms with Gasteiger partial charge in [-0.1, -0.05) is 25.5 Å². The Morgan fingerprint density at radius 3 is 2.63 bits per heavy atom. The Hall–Kier alpha value is -2.16. The molecular weight excluding hydrogens is 377 g/mol. The van der Waals surface area contributed by atoms with Crippen LogP contribution in [0.25, 0.3) is 0 Å². The van der Waals surface area contributed by atoms with Crippen LogP contribution in [0.5, 0.6) is 5.75 Å². The van der Waals surface area contributed by atoms with E-state index in [0.29, 0.717) is 13.0 Å². The summed E-state index contributed by atoms with van der Waals surface area (Å²) in [5.41, 5.74) is 0. The van der Waals surface area contributed by atoms with Gasteiger partial charge in [0.1, 0.15) is 0 Å². The van der Waals surface area contributed by atoms with E-state index in [-0.39, 0.29) is 23.3 Å². The van der Waals surface area contributed by atoms with Gasteiger partial charge in [-0.25, -0.2) is 17.6 Å². The third kappa shape index (κ3) is 6.50. The van der Waals surface area contributed by atoms with E-state index in [4.69, 9.17) is 9.47 Å². The van der Waals surface area contributed by atoms with Crippen molar-refractivity contribution in [3.63, 3.8) is 0 Å². The van der Waals surface area contributed by atoms with Gasteiger partial charge in [-0.15, -0.1) is 0 Å². The van der Waals surface area contributed by atoms with Crippen LogP contribution in [0.15, 0.2) is 24.3 Å². The van der Waals surface area contributed by atoms with E-state index < -0.39 is 40.7 Å². The van der Waals surface area contributed by atoms with Gasteiger partial charge >= 0.3 is 5.97 Å². The molecule has 0 saturated carbocycles. The molecule has 2 rings (SSSR count). The molecule has 0 aromatic heterocycles. The summed E-state index contributed by atoms with van der Waals surface area (Å²) in [4.78, 5) is 25.7. The quantitative estimate of drug-likeness (QED) is 0.584. The molecular formula is C18H24FNO6S. The fraction of sp³-hybridized carbons (Fsp3) is 0.556. The molecule has 1 saturated heterocycles. The number of unbranched alkanes of at least 4 members (excludes halogenated alkanes) is 1. The van der Waals surface area contributed by atoms with E-state index in [9.17, 15) is 22.4 Å². The van der Waals surface area contributed by atoms with Crippen molar-refractivity contribution < 1.29 is 31.9 Å². The number of halogens is 1. The Balaban J connectivity index is 1.85. The van der Waals surface area contributed by atoms with Gasteiger partial charge in [-0.2, -0.15) is 0 Å². The normalized spacial score (nSPS) is 18.1. The van der Waals surface area contributed by atoms with Gasteiger partial charge in [0.15, 0.2) is 34.6 Å². The number of carbonyl (C=O) groups is 2. The zero-order valence-electron chi connectivity index (χ0n) is 15.2. The average molecular weight is 401 g/mol. The van der Waals surface area contributed by atoms with Crippen molar-refractivity contribution in [3.05, 3.63) is 30.1 Å². The van der Waals surface area contributed by atoms with Crippen molar-refractivity contribution in [2.45, 2.75) is 32.2 Å². The number of nitrogens with zero attached hydrogens (tertiary/aromatic N) is 1. The van der Waals surface area contributed by atoms with Crippen molar-refractivity contribution in [1.29, 1.82) is 0 Å². The molecule has 1 aliphatic heterocycles. The Morgan fingerprint density at radius 1 is 1.26 bits per heavy atom. The van der Waals surface area contributed by atoms with Crippen LogP contribution in [0, 0.1) is 5.82 Å². The highest BCUT2D eigenvalue weighted by Crippen LogP contribution is 2.19. The molecule has 27 heavy (non-hydrogen) atoms. The number of sulfone groups is 1. The van der Waals surface area contributed by atoms with Crippen LogP contribution in [-0.4, -0.2) is 62.5 Å². The maximum atomic E-state index is 13.4. The van der Waals surface area contributed by atoms with E-state index >= 15 is 0 Å². The topological polar surface area (TPSA) is 90.0 Å². The van der Waals surface area contributed by atoms with E-state index in [1.54, 1.807) is 6.07 Å². The molecule has 1 heterocycles. The molecule has 1 aliphatic rings. The highest BCUT2D eigenvalue weighted by molar-refractivity contribution is 7.91. The lowest BCUT2D eigenvalue weighted by Gasteiger charge is -2.28. The predicted molar refractivity (Wildman–Crippen MR) is 96.5 cm³/mol. The summed E-state index contributed by atoms with van der Waals surface area (Å²) in [6.07, 6.45) is 1.97. The van der Waals surface area contributed by atoms with Gasteiger partial charge in [0, 0.05) is 12.6 Å². The van der Waals surface area contributed by atoms with Crippen LogP contribution in [0.1, 0.15) is 26.2 Å². The number of benzene rings is 1. The van der Waals surface area contributed by atoms with E-state index in [0.717, 1.165) is 12.8 Å². The summed E-state index contributed by atoms with van der Waals surface area (Å²) in [7, 11) is -3.13. The first-order valence-electron chi connectivity index (χ1n) is 8.85. The molecule has 0 aliphatic carbocycles. The van der Waals surface area contributed by atoms with E-state index in [1.165, 1.54) is 23.1 Å². The summed E-state index contributed by atoms with van der Waals surface area (Å²) in [5.74, 6) is -1.93. The first-order valence-corrected chi connectivity index (χ1v) is 10.7. The van der Waals surface area contributed by atoms with Gasteiger partial charge in [0.25, 0.3) is 5.91 Å². The molecule has 1 fully saturated rings. The lowest BCUT2D eigenvalue weighted by Crippen LogP contribution is -2.44. The maximum Gasteiger partial charge on any atom is 0.344 e. The number of esters is 1. The van der Waals surface area contributed by atoms with Crippen LogP contribution in [0.3, 0.4) is 0 Å². The first kappa shape index (κ1) is 21.1. The van der Waals surface area contributed by atoms with Gasteiger partial charge in [0.05, 0.1) is 11.5 Å². The number of ether oxygens (including phenoxy) is 2. The van der Waals surface area contributed by atoms with Crippen LogP contribution >= 0.6 is 0 Å². The summed E-state index contributed by atoms with van der Waals surface area (Å²) in [6, 6.07) is 5.25. The number of hydrogen-bond donors (Lipinski definition) is 0. The lowest BCUT2D eigenvalue weighted by atomic mass is 10.2. The Kier molecular flexibility index (Phi) is 7.58. The molecule has 1 aromatic carbocycles. The monoisotopic (exact) mass is 401 g/mol. The van der Waals surface area contributed by atoms with Crippen LogP contribution in [-0.2, 0) is 24.2 Å². The summed E-state index contributed by atoms with van der Waals surface area (Å²) >= 11 is 0. The molecule has 0 radical (unpaired) electrons. The van der Waals surface area contributed by atoms with Crippen LogP contribution in [0.2, 0.25) is 0 Å². The molecule has 0 bridgehead atoms. The highest BCUT2D eigenvalue weighted by atomic mass is 32.2. The minimum Gasteiger partial charge on any atom is -0.479 e. The molecule has 1 unspecified atom stereocenters. The van der Waals surface area contributed by atoms with Gasteiger partial charge in [-0.3, -0.25) is 4.79 Å². The third-order valence-electron chi connectivity index (χ3n) is 4.26. The number of rotatable bonds is 9. The average Bonchev–Trinajstić information content (AvgIpc) is 2.99. The second-order valence-corrected chi connectivity index (χ2v) is 8.61. The minimum absolute atomic E-state index is 0.0594. The van der Waals surface area contributed by atoms with Gasteiger partial charge in [-0.05, 0) is 25.0 Å². The van der Waals surface area contributed by atoms with E-state index in [1.807, 2.05) is 6.92 Å². The summed E-state index contributed by atoms with van der Waals surface area (Å²) < 4.78 is 46.7. The Labute approximate surface area is 158 Å². The van der Waals surface area contributed by atoms with Crippen LogP contribution in [0.4, 0.5) is 4.39 Å². The molecule has 7 nitrogen and oxygen atoms in total. The van der Waals surface area contributed by atoms with Crippen molar-refractivity contribution >= 4 is 21.7 Å². The Bertz CT molecular complexity index is 767. The third-order valence-corrected chi connectivity index (χ3v) is 6.01. The molecule has 1 aromatic rings. The SMILES string of the molecule is CCCCN(C(=O)COC(=O)COc1ccccc1F)C1CCS(=O)(=O)C1. The van der Waals surface area contributed by atoms with Crippen molar-refractivity contribution in [2.75, 3.05) is 31.3 Å². The largest absolute Gasteiger partial charge is 0.479 e. The number of amides is 1. The van der Waals surface area contributed by atoms with Gasteiger partial charge < -0.3 is 14.4 Å². The number of hydrogen-bond acceptors (Lipinski definition) is 6. The summed E-state index contributed by atoms with van der Waals surface area (Å²) in [6.45, 7) is 1.35. The molecule has 0 spiro atoms. The van der Waals surface area contributed by atoms with Crippen molar-refractivity contribution in [2.24, 2.45) is 0 Å². The molecule has 9 heteroatoms. The maximum absolute atomic E-state index is 13.4. The fourth-order valence-corrected chi connectivity index (χ4v) is 4.56. The standard InChI is InChI=1S/C18H24FNO6S/c1-2-3-9-20(14-8-10-27(23,24)13-14)17(21)11-26-18(22)12-25-16-7-5-4-6-15(16)19/h4-7,14H,2-3,8-13H2,1H3. The highest BCUT2D eigenvalue weighted by Gasteiger charge is 2.34. The van der Waals surface area contributed by atoms with Crippen molar-refractivity contribution in [1.82, 2.24) is 4.90 Å². The lowest BCUT2D eigenvalue weighted by molar-refractivity contribution is -0.154. The molecule has 1 amide bonds. The smallest absolute Gasteiger partial charge is 0.344 e. The predicted octanol–water partition coefficient (Wildman–Crippen LogP) is 1.56. The number of para-hydroxylation sites is 1. The molecule has 0 N–H and O–H groups in total. The van der Waals surface area contributed by atoms with Crippen LogP contribution < -0.4 is 4.74 Å². The summed E-state index contributed by atoms with van der Waals surface area (Å²) in [5, 5.41) is 0. The fourth-order valence-electron chi connectivity index (χ4n) is 2.83. The zero-order chi connectivity index (χ0) is 19.9.